The minimum absolute atomic E-state index is 0.00956. The number of carbonyl (C=O) groups is 4. The fourth-order valence-electron chi connectivity index (χ4n) is 4.11. The zero-order valence-corrected chi connectivity index (χ0v) is 24.7. The van der Waals surface area contributed by atoms with Crippen molar-refractivity contribution in [3.8, 4) is 5.75 Å². The van der Waals surface area contributed by atoms with Gasteiger partial charge in [0.15, 0.2) is 0 Å². The van der Waals surface area contributed by atoms with Gasteiger partial charge in [-0.3, -0.25) is 4.79 Å². The number of amides is 2. The number of hydrogen-bond acceptors (Lipinski definition) is 8. The van der Waals surface area contributed by atoms with Gasteiger partial charge in [-0.1, -0.05) is 103 Å². The van der Waals surface area contributed by atoms with Gasteiger partial charge in [-0.05, 0) is 41.3 Å². The van der Waals surface area contributed by atoms with Crippen LogP contribution in [0.4, 0.5) is 9.59 Å². The van der Waals surface area contributed by atoms with Crippen LogP contribution in [0, 0.1) is 0 Å². The van der Waals surface area contributed by atoms with Crippen LogP contribution in [-0.4, -0.2) is 36.2 Å². The molecule has 45 heavy (non-hydrogen) atoms. The minimum Gasteiger partial charge on any atom is -0.459 e. The molecular weight excluding hydrogens is 576 g/mol. The lowest BCUT2D eigenvalue weighted by atomic mass is 10.0. The van der Waals surface area contributed by atoms with E-state index in [1.165, 1.54) is 6.92 Å². The largest absolute Gasteiger partial charge is 0.514 e. The molecule has 0 aliphatic carbocycles. The van der Waals surface area contributed by atoms with Crippen LogP contribution in [0.25, 0.3) is 0 Å². The van der Waals surface area contributed by atoms with Crippen LogP contribution < -0.4 is 15.4 Å². The predicted octanol–water partition coefficient (Wildman–Crippen LogP) is 5.49. The summed E-state index contributed by atoms with van der Waals surface area (Å²) < 4.78 is 21.0. The van der Waals surface area contributed by atoms with Gasteiger partial charge < -0.3 is 29.6 Å². The van der Waals surface area contributed by atoms with Gasteiger partial charge >= 0.3 is 18.2 Å². The molecule has 2 amide bonds. The Morgan fingerprint density at radius 3 is 1.60 bits per heavy atom. The molecule has 2 N–H and O–H groups in total. The first-order valence-corrected chi connectivity index (χ1v) is 14.3. The Balaban J connectivity index is 1.35. The van der Waals surface area contributed by atoms with E-state index in [0.29, 0.717) is 5.56 Å². The van der Waals surface area contributed by atoms with Crippen LogP contribution in [0.1, 0.15) is 29.2 Å². The lowest BCUT2D eigenvalue weighted by molar-refractivity contribution is -0.148. The van der Waals surface area contributed by atoms with E-state index in [-0.39, 0.29) is 32.0 Å². The van der Waals surface area contributed by atoms with Crippen molar-refractivity contribution >= 4 is 24.1 Å². The Bertz CT molecular complexity index is 1530. The van der Waals surface area contributed by atoms with E-state index < -0.39 is 36.2 Å². The number of hydrogen-bond donors (Lipinski definition) is 2. The maximum atomic E-state index is 13.3. The molecular formula is C35H34N2O8. The quantitative estimate of drug-likeness (QED) is 0.116. The van der Waals surface area contributed by atoms with Crippen molar-refractivity contribution in [3.63, 3.8) is 0 Å². The highest BCUT2D eigenvalue weighted by Gasteiger charge is 2.26. The molecule has 0 saturated heterocycles. The molecule has 4 aromatic rings. The van der Waals surface area contributed by atoms with Crippen LogP contribution in [0.5, 0.6) is 5.75 Å². The fourth-order valence-corrected chi connectivity index (χ4v) is 4.11. The highest BCUT2D eigenvalue weighted by Crippen LogP contribution is 2.15. The molecule has 0 aromatic heterocycles. The molecule has 4 aromatic carbocycles. The summed E-state index contributed by atoms with van der Waals surface area (Å²) in [5.74, 6) is -0.998. The number of carbonyl (C=O) groups excluding carboxylic acids is 4. The van der Waals surface area contributed by atoms with Gasteiger partial charge in [0.2, 0.25) is 5.91 Å². The molecule has 10 nitrogen and oxygen atoms in total. The van der Waals surface area contributed by atoms with Crippen LogP contribution in [0.3, 0.4) is 0 Å². The van der Waals surface area contributed by atoms with E-state index in [0.717, 1.165) is 16.7 Å². The van der Waals surface area contributed by atoms with E-state index in [1.54, 1.807) is 36.4 Å². The molecule has 0 aliphatic heterocycles. The maximum absolute atomic E-state index is 13.3. The summed E-state index contributed by atoms with van der Waals surface area (Å²) in [6, 6.07) is 31.8. The highest BCUT2D eigenvalue weighted by atomic mass is 16.7. The Labute approximate surface area is 261 Å². The van der Waals surface area contributed by atoms with Crippen LogP contribution in [0.15, 0.2) is 115 Å². The lowest BCUT2D eigenvalue weighted by Gasteiger charge is -2.21. The maximum Gasteiger partial charge on any atom is 0.514 e. The molecule has 10 heteroatoms. The van der Waals surface area contributed by atoms with Gasteiger partial charge in [-0.2, -0.15) is 0 Å². The number of nitrogens with one attached hydrogen (secondary N) is 2. The van der Waals surface area contributed by atoms with E-state index in [2.05, 4.69) is 10.6 Å². The standard InChI is InChI=1S/C35H34N2O8/c1-25(33(39)42-22-27-11-5-2-6-12-27)36-32(38)31(37-34(40)43-23-28-13-7-3-8-14-28)21-26-17-19-30(20-18-26)45-35(41)44-24-29-15-9-4-10-16-29/h2-20,25,31H,21-24H2,1H3,(H,36,38)(H,37,40)/t25-,31-/m0/s1. The van der Waals surface area contributed by atoms with Crippen molar-refractivity contribution in [1.29, 1.82) is 0 Å². The van der Waals surface area contributed by atoms with Gasteiger partial charge in [-0.15, -0.1) is 0 Å². The molecule has 0 spiro atoms. The van der Waals surface area contributed by atoms with Gasteiger partial charge in [-0.25, -0.2) is 14.4 Å². The zero-order chi connectivity index (χ0) is 31.9. The normalized spacial score (nSPS) is 11.8. The summed E-state index contributed by atoms with van der Waals surface area (Å²) in [6.45, 7) is 1.63. The van der Waals surface area contributed by atoms with Gasteiger partial charge in [0.25, 0.3) is 0 Å². The molecule has 0 fully saturated rings. The number of benzene rings is 4. The summed E-state index contributed by atoms with van der Waals surface area (Å²) in [6.07, 6.45) is -1.61. The lowest BCUT2D eigenvalue weighted by Crippen LogP contribution is -2.52. The van der Waals surface area contributed by atoms with Crippen molar-refractivity contribution in [2.75, 3.05) is 0 Å². The van der Waals surface area contributed by atoms with Crippen molar-refractivity contribution in [3.05, 3.63) is 138 Å². The number of ether oxygens (including phenoxy) is 4. The second-order valence-electron chi connectivity index (χ2n) is 10.1. The van der Waals surface area contributed by atoms with Crippen molar-refractivity contribution in [2.45, 2.75) is 45.2 Å². The Morgan fingerprint density at radius 1 is 0.578 bits per heavy atom. The van der Waals surface area contributed by atoms with E-state index in [4.69, 9.17) is 18.9 Å². The van der Waals surface area contributed by atoms with Crippen molar-refractivity contribution < 1.29 is 38.1 Å². The molecule has 0 unspecified atom stereocenters. The van der Waals surface area contributed by atoms with Crippen molar-refractivity contribution in [2.24, 2.45) is 0 Å². The number of rotatable bonds is 13. The third-order valence-corrected chi connectivity index (χ3v) is 6.52. The first-order valence-electron chi connectivity index (χ1n) is 14.3. The van der Waals surface area contributed by atoms with E-state index in [1.807, 2.05) is 78.9 Å². The monoisotopic (exact) mass is 610 g/mol. The average Bonchev–Trinajstić information content (AvgIpc) is 3.07. The third-order valence-electron chi connectivity index (χ3n) is 6.52. The van der Waals surface area contributed by atoms with Gasteiger partial charge in [0.05, 0.1) is 0 Å². The topological polar surface area (TPSA) is 129 Å². The first-order chi connectivity index (χ1) is 21.9. The van der Waals surface area contributed by atoms with Crippen LogP contribution in [-0.2, 0) is 50.0 Å². The molecule has 0 saturated carbocycles. The molecule has 4 rings (SSSR count). The van der Waals surface area contributed by atoms with Crippen molar-refractivity contribution in [1.82, 2.24) is 10.6 Å². The zero-order valence-electron chi connectivity index (χ0n) is 24.7. The first kappa shape index (κ1) is 32.3. The van der Waals surface area contributed by atoms with E-state index >= 15 is 0 Å². The van der Waals surface area contributed by atoms with Crippen LogP contribution >= 0.6 is 0 Å². The number of esters is 1. The molecule has 232 valence electrons. The highest BCUT2D eigenvalue weighted by molar-refractivity contribution is 5.89. The Kier molecular flexibility index (Phi) is 12.1. The smallest absolute Gasteiger partial charge is 0.459 e. The minimum atomic E-state index is -1.10. The molecule has 0 radical (unpaired) electrons. The Morgan fingerprint density at radius 2 is 1.07 bits per heavy atom. The fraction of sp³-hybridized carbons (Fsp3) is 0.200. The van der Waals surface area contributed by atoms with E-state index in [9.17, 15) is 19.2 Å². The van der Waals surface area contributed by atoms with Gasteiger partial charge in [0, 0.05) is 6.42 Å². The SMILES string of the molecule is C[C@H](NC(=O)[C@H](Cc1ccc(OC(=O)OCc2ccccc2)cc1)NC(=O)OCc1ccccc1)C(=O)OCc1ccccc1. The molecule has 0 aliphatic rings. The summed E-state index contributed by atoms with van der Waals surface area (Å²) in [4.78, 5) is 50.6. The average molecular weight is 611 g/mol. The predicted molar refractivity (Wildman–Crippen MR) is 165 cm³/mol. The summed E-state index contributed by atoms with van der Waals surface area (Å²) in [5, 5.41) is 5.20. The molecule has 0 bridgehead atoms. The second-order valence-corrected chi connectivity index (χ2v) is 10.1. The third kappa shape index (κ3) is 11.2. The van der Waals surface area contributed by atoms with Gasteiger partial charge in [0.1, 0.15) is 37.7 Å². The van der Waals surface area contributed by atoms with Crippen LogP contribution in [0.2, 0.25) is 0 Å². The second kappa shape index (κ2) is 16.9. The summed E-state index contributed by atoms with van der Waals surface area (Å²) >= 11 is 0. The Hall–Kier alpha value is -5.64. The summed E-state index contributed by atoms with van der Waals surface area (Å²) in [7, 11) is 0. The number of alkyl carbamates (subject to hydrolysis) is 1. The molecule has 2 atom stereocenters. The summed E-state index contributed by atoms with van der Waals surface area (Å²) in [5.41, 5.74) is 3.05. The molecule has 0 heterocycles.